The predicted molar refractivity (Wildman–Crippen MR) is 109 cm³/mol. The quantitative estimate of drug-likeness (QED) is 0.529. The number of nitrogens with one attached hydrogen (secondary N) is 2. The molecule has 0 radical (unpaired) electrons. The van der Waals surface area contributed by atoms with Gasteiger partial charge in [0, 0.05) is 24.0 Å². The van der Waals surface area contributed by atoms with Gasteiger partial charge in [-0.25, -0.2) is 9.97 Å². The smallest absolute Gasteiger partial charge is 0.289 e. The number of furan rings is 1. The Bertz CT molecular complexity index is 1110. The van der Waals surface area contributed by atoms with Crippen molar-refractivity contribution in [1.82, 2.24) is 15.3 Å². The Balaban J connectivity index is 1.59. The molecule has 2 aromatic carbocycles. The van der Waals surface area contributed by atoms with Crippen molar-refractivity contribution in [3.05, 3.63) is 84.1 Å². The van der Waals surface area contributed by atoms with E-state index < -0.39 is 0 Å². The Morgan fingerprint density at radius 2 is 1.93 bits per heavy atom. The molecule has 28 heavy (non-hydrogen) atoms. The highest BCUT2D eigenvalue weighted by Crippen LogP contribution is 2.24. The summed E-state index contributed by atoms with van der Waals surface area (Å²) in [6.45, 7) is 2.48. The molecule has 0 spiro atoms. The lowest BCUT2D eigenvalue weighted by molar-refractivity contribution is 0.0944. The molecule has 2 heterocycles. The molecule has 0 aliphatic heterocycles. The number of carbonyl (C=O) groups excluding carboxylic acids is 1. The average Bonchev–Trinajstić information content (AvgIpc) is 3.21. The lowest BCUT2D eigenvalue weighted by atomic mass is 10.2. The molecule has 140 valence electrons. The van der Waals surface area contributed by atoms with Crippen LogP contribution in [0, 0.1) is 6.92 Å². The van der Waals surface area contributed by atoms with E-state index in [9.17, 15) is 4.79 Å². The summed E-state index contributed by atoms with van der Waals surface area (Å²) in [4.78, 5) is 21.5. The largest absolute Gasteiger partial charge is 0.469 e. The van der Waals surface area contributed by atoms with Gasteiger partial charge in [-0.05, 0) is 48.9 Å². The van der Waals surface area contributed by atoms with Crippen molar-refractivity contribution in [2.24, 2.45) is 0 Å². The minimum Gasteiger partial charge on any atom is -0.469 e. The molecule has 0 atom stereocenters. The van der Waals surface area contributed by atoms with E-state index in [2.05, 4.69) is 20.6 Å². The van der Waals surface area contributed by atoms with E-state index >= 15 is 0 Å². The first-order valence-corrected chi connectivity index (χ1v) is 9.10. The fraction of sp³-hybridized carbons (Fsp3) is 0.136. The average molecular weight is 372 g/mol. The lowest BCUT2D eigenvalue weighted by Crippen LogP contribution is -2.27. The molecular formula is C22H20N4O2. The number of fused-ring (bicyclic) bond motifs is 1. The summed E-state index contributed by atoms with van der Waals surface area (Å²) in [7, 11) is 0. The van der Waals surface area contributed by atoms with Crippen molar-refractivity contribution in [2.75, 3.05) is 11.9 Å². The number of nitrogens with zero attached hydrogens (tertiary/aromatic N) is 2. The van der Waals surface area contributed by atoms with E-state index in [4.69, 9.17) is 4.42 Å². The highest BCUT2D eigenvalue weighted by molar-refractivity contribution is 5.97. The van der Waals surface area contributed by atoms with Crippen molar-refractivity contribution in [3.8, 4) is 0 Å². The summed E-state index contributed by atoms with van der Waals surface area (Å²) >= 11 is 0. The summed E-state index contributed by atoms with van der Waals surface area (Å²) in [5, 5.41) is 7.02. The molecule has 4 aromatic rings. The van der Waals surface area contributed by atoms with E-state index in [1.54, 1.807) is 6.26 Å². The van der Waals surface area contributed by atoms with Crippen LogP contribution < -0.4 is 10.6 Å². The van der Waals surface area contributed by atoms with Gasteiger partial charge in [0.2, 0.25) is 5.82 Å². The number of rotatable bonds is 6. The van der Waals surface area contributed by atoms with Gasteiger partial charge in [0.05, 0.1) is 11.8 Å². The Hall–Kier alpha value is -3.67. The molecular weight excluding hydrogens is 352 g/mol. The van der Waals surface area contributed by atoms with E-state index in [0.29, 0.717) is 24.3 Å². The first kappa shape index (κ1) is 17.7. The van der Waals surface area contributed by atoms with Crippen molar-refractivity contribution in [3.63, 3.8) is 0 Å². The molecule has 1 amide bonds. The second-order valence-electron chi connectivity index (χ2n) is 6.49. The third kappa shape index (κ3) is 4.01. The molecule has 0 unspecified atom stereocenters. The van der Waals surface area contributed by atoms with Crippen LogP contribution in [0.4, 0.5) is 11.5 Å². The van der Waals surface area contributed by atoms with Crippen LogP contribution in [-0.2, 0) is 6.42 Å². The van der Waals surface area contributed by atoms with Crippen LogP contribution in [0.5, 0.6) is 0 Å². The van der Waals surface area contributed by atoms with Crippen LogP contribution in [-0.4, -0.2) is 22.4 Å². The van der Waals surface area contributed by atoms with E-state index in [-0.39, 0.29) is 11.7 Å². The van der Waals surface area contributed by atoms with Gasteiger partial charge in [-0.3, -0.25) is 4.79 Å². The van der Waals surface area contributed by atoms with Crippen LogP contribution in [0.15, 0.2) is 71.3 Å². The summed E-state index contributed by atoms with van der Waals surface area (Å²) in [5.74, 6) is 1.24. The molecule has 6 nitrogen and oxygen atoms in total. The summed E-state index contributed by atoms with van der Waals surface area (Å²) in [6, 6.07) is 19.3. The Kier molecular flexibility index (Phi) is 5.01. The van der Waals surface area contributed by atoms with Crippen LogP contribution in [0.25, 0.3) is 10.9 Å². The zero-order valence-corrected chi connectivity index (χ0v) is 15.5. The minimum absolute atomic E-state index is 0.133. The molecule has 0 fully saturated rings. The molecule has 0 aliphatic rings. The zero-order valence-electron chi connectivity index (χ0n) is 15.5. The second-order valence-corrected chi connectivity index (χ2v) is 6.49. The van der Waals surface area contributed by atoms with Gasteiger partial charge in [-0.1, -0.05) is 24.3 Å². The van der Waals surface area contributed by atoms with Gasteiger partial charge in [-0.15, -0.1) is 0 Å². The van der Waals surface area contributed by atoms with Crippen LogP contribution in [0.1, 0.15) is 21.9 Å². The lowest BCUT2D eigenvalue weighted by Gasteiger charge is -2.11. The summed E-state index contributed by atoms with van der Waals surface area (Å²) in [5.41, 5.74) is 2.76. The standard InChI is InChI=1S/C22H20N4O2/c1-15-6-4-7-16(14-15)24-20-18-9-2-3-10-19(18)25-21(26-20)22(27)23-12-11-17-8-5-13-28-17/h2-10,13-14H,11-12H2,1H3,(H,23,27)(H,24,25,26). The Morgan fingerprint density at radius 3 is 2.75 bits per heavy atom. The van der Waals surface area contributed by atoms with Crippen molar-refractivity contribution < 1.29 is 9.21 Å². The number of benzene rings is 2. The molecule has 2 N–H and O–H groups in total. The topological polar surface area (TPSA) is 80.0 Å². The maximum atomic E-state index is 12.6. The van der Waals surface area contributed by atoms with Gasteiger partial charge in [0.25, 0.3) is 5.91 Å². The number of anilines is 2. The fourth-order valence-corrected chi connectivity index (χ4v) is 2.97. The molecule has 6 heteroatoms. The third-order valence-electron chi connectivity index (χ3n) is 4.32. The molecule has 0 aliphatic carbocycles. The first-order chi connectivity index (χ1) is 13.7. The van der Waals surface area contributed by atoms with Gasteiger partial charge >= 0.3 is 0 Å². The highest BCUT2D eigenvalue weighted by Gasteiger charge is 2.14. The number of hydrogen-bond donors (Lipinski definition) is 2. The monoisotopic (exact) mass is 372 g/mol. The normalized spacial score (nSPS) is 10.8. The summed E-state index contributed by atoms with van der Waals surface area (Å²) < 4.78 is 5.28. The number of carbonyl (C=O) groups is 1. The minimum atomic E-state index is -0.315. The number of para-hydroxylation sites is 1. The van der Waals surface area contributed by atoms with Gasteiger partial charge in [-0.2, -0.15) is 0 Å². The Labute approximate surface area is 162 Å². The van der Waals surface area contributed by atoms with Gasteiger partial charge in [0.1, 0.15) is 11.6 Å². The van der Waals surface area contributed by atoms with Crippen molar-refractivity contribution in [1.29, 1.82) is 0 Å². The Morgan fingerprint density at radius 1 is 1.04 bits per heavy atom. The number of amides is 1. The first-order valence-electron chi connectivity index (χ1n) is 9.10. The number of aryl methyl sites for hydroxylation is 1. The maximum absolute atomic E-state index is 12.6. The van der Waals surface area contributed by atoms with Crippen molar-refractivity contribution in [2.45, 2.75) is 13.3 Å². The van der Waals surface area contributed by atoms with E-state index in [0.717, 1.165) is 22.4 Å². The third-order valence-corrected chi connectivity index (χ3v) is 4.32. The van der Waals surface area contributed by atoms with E-state index in [1.165, 1.54) is 0 Å². The maximum Gasteiger partial charge on any atom is 0.289 e. The van der Waals surface area contributed by atoms with Gasteiger partial charge < -0.3 is 15.1 Å². The van der Waals surface area contributed by atoms with Crippen LogP contribution >= 0.6 is 0 Å². The predicted octanol–water partition coefficient (Wildman–Crippen LogP) is 4.25. The van der Waals surface area contributed by atoms with Crippen LogP contribution in [0.2, 0.25) is 0 Å². The van der Waals surface area contributed by atoms with E-state index in [1.807, 2.05) is 67.6 Å². The second kappa shape index (κ2) is 7.92. The summed E-state index contributed by atoms with van der Waals surface area (Å²) in [6.07, 6.45) is 2.23. The molecule has 4 rings (SSSR count). The number of aromatic nitrogens is 2. The molecule has 0 saturated carbocycles. The molecule has 0 bridgehead atoms. The van der Waals surface area contributed by atoms with Crippen molar-refractivity contribution >= 4 is 28.3 Å². The molecule has 0 saturated heterocycles. The zero-order chi connectivity index (χ0) is 19.3. The fourth-order valence-electron chi connectivity index (χ4n) is 2.97. The number of hydrogen-bond acceptors (Lipinski definition) is 5. The van der Waals surface area contributed by atoms with Crippen LogP contribution in [0.3, 0.4) is 0 Å². The highest BCUT2D eigenvalue weighted by atomic mass is 16.3. The molecule has 2 aromatic heterocycles. The SMILES string of the molecule is Cc1cccc(Nc2nc(C(=O)NCCc3ccco3)nc3ccccc23)c1. The van der Waals surface area contributed by atoms with Gasteiger partial charge in [0.15, 0.2) is 0 Å².